The Morgan fingerprint density at radius 2 is 0.938 bits per heavy atom. The number of aliphatic hydroxyl groups is 4. The number of ether oxygens (including phenoxy) is 10. The summed E-state index contributed by atoms with van der Waals surface area (Å²) in [6.07, 6.45) is -11.8. The zero-order chi connectivity index (χ0) is 55.7. The van der Waals surface area contributed by atoms with Crippen molar-refractivity contribution in [2.24, 2.45) is 0 Å². The van der Waals surface area contributed by atoms with Crippen molar-refractivity contribution in [1.29, 1.82) is 0 Å². The van der Waals surface area contributed by atoms with Crippen LogP contribution in [0.15, 0.2) is 158 Å². The number of rotatable bonds is 10. The van der Waals surface area contributed by atoms with Gasteiger partial charge in [-0.05, 0) is 92.7 Å². The summed E-state index contributed by atoms with van der Waals surface area (Å²) in [5.41, 5.74) is 4.07. The molecule has 4 saturated heterocycles. The van der Waals surface area contributed by atoms with Crippen LogP contribution in [0.25, 0.3) is 0 Å². The van der Waals surface area contributed by atoms with Crippen LogP contribution in [0, 0.1) is 13.8 Å². The maximum atomic E-state index is 13.9. The molecule has 4 fully saturated rings. The maximum Gasteiger partial charge on any atom is 0.343 e. The normalized spacial score (nSPS) is 28.8. The molecule has 6 N–H and O–H groups in total. The number of hydrogen-bond acceptors (Lipinski definition) is 19. The van der Waals surface area contributed by atoms with Crippen molar-refractivity contribution in [3.63, 3.8) is 0 Å². The van der Waals surface area contributed by atoms with Gasteiger partial charge in [0.15, 0.2) is 30.6 Å². The van der Waals surface area contributed by atoms with Crippen LogP contribution >= 0.6 is 0 Å². The Kier molecular flexibility index (Phi) is 13.6. The molecule has 0 radical (unpaired) electrons. The molecular weight excluding hydrogens is 1040 g/mol. The standard InChI is InChI=1S/C62H54N2O17/c1-31-43(76-57(69)33-17-21-37(22-18-33)63-55-49(67)47(65)53-45(74-55)29-72-60(79-53)35-11-5-3-6-12-35)27-25-41-51(31)78-52-32(2)44(28-26-42(52)62(41)40-16-10-9-15-39(40)59(71)81-62)77-58(70)34-19-23-38(24-20-34)64-56-50(68)48(66)54-46(75-56)30-73-61(80-54)36-13-7-4-8-14-36/h3-28,45-50,53-56,60-61,63-68H,29-30H2,1-2H3/t45-,46-,47-,48-,49-,50-,53-,54-,55-,56-,60?,61?,62?/m1/s1. The van der Waals surface area contributed by atoms with Gasteiger partial charge >= 0.3 is 17.9 Å². The lowest BCUT2D eigenvalue weighted by molar-refractivity contribution is -0.325. The fraction of sp³-hybridized carbons (Fsp3) is 0.274. The molecule has 2 unspecified atom stereocenters. The van der Waals surface area contributed by atoms with E-state index < -0.39 is 97.4 Å². The molecule has 7 aromatic carbocycles. The lowest BCUT2D eigenvalue weighted by atomic mass is 9.76. The summed E-state index contributed by atoms with van der Waals surface area (Å²) in [5, 5.41) is 50.6. The van der Waals surface area contributed by atoms with Gasteiger partial charge in [-0.25, -0.2) is 14.4 Å². The Bertz CT molecular complexity index is 3330. The third-order valence-corrected chi connectivity index (χ3v) is 15.6. The van der Waals surface area contributed by atoms with Crippen LogP contribution in [0.1, 0.15) is 82.6 Å². The summed E-state index contributed by atoms with van der Waals surface area (Å²) in [6, 6.07) is 44.9. The molecule has 6 aliphatic rings. The summed E-state index contributed by atoms with van der Waals surface area (Å²) in [6.45, 7) is 3.67. The third kappa shape index (κ3) is 9.36. The molecule has 0 bridgehead atoms. The Hall–Kier alpha value is -8.05. The Morgan fingerprint density at radius 3 is 1.40 bits per heavy atom. The number of nitrogens with one attached hydrogen (secondary N) is 2. The number of benzene rings is 7. The third-order valence-electron chi connectivity index (χ3n) is 15.6. The Labute approximate surface area is 463 Å². The number of carbonyl (C=O) groups excluding carboxylic acids is 3. The molecule has 81 heavy (non-hydrogen) atoms. The van der Waals surface area contributed by atoms with Crippen LogP contribution in [-0.2, 0) is 38.8 Å². The first-order valence-corrected chi connectivity index (χ1v) is 26.5. The number of esters is 3. The average molecular weight is 1100 g/mol. The van der Waals surface area contributed by atoms with Crippen LogP contribution < -0.4 is 24.8 Å². The molecule has 19 heteroatoms. The van der Waals surface area contributed by atoms with E-state index in [1.807, 2.05) is 66.7 Å². The van der Waals surface area contributed by atoms with E-state index >= 15 is 0 Å². The Balaban J connectivity index is 0.698. The highest BCUT2D eigenvalue weighted by Gasteiger charge is 2.55. The number of anilines is 2. The van der Waals surface area contributed by atoms with Gasteiger partial charge in [-0.15, -0.1) is 0 Å². The number of aliphatic hydroxyl groups excluding tert-OH is 4. The van der Waals surface area contributed by atoms with E-state index in [1.165, 1.54) is 0 Å². The first-order valence-electron chi connectivity index (χ1n) is 26.5. The fourth-order valence-corrected chi connectivity index (χ4v) is 11.3. The predicted octanol–water partition coefficient (Wildman–Crippen LogP) is 7.26. The summed E-state index contributed by atoms with van der Waals surface area (Å²) < 4.78 is 61.2. The highest BCUT2D eigenvalue weighted by molar-refractivity contribution is 5.97. The number of carbonyl (C=O) groups is 3. The van der Waals surface area contributed by atoms with Crippen LogP contribution in [0.3, 0.4) is 0 Å². The second-order valence-electron chi connectivity index (χ2n) is 20.6. The molecule has 1 spiro atoms. The highest BCUT2D eigenvalue weighted by Crippen LogP contribution is 2.59. The molecule has 0 amide bonds. The SMILES string of the molecule is Cc1c(OC(=O)c2ccc(N[C@@H]3O[C@@H]4COC(c5ccccc5)O[C@H]4[C@H](O)[C@H]3O)cc2)ccc2c1Oc1c(ccc(OC(=O)c3ccc(N[C@@H]4O[C@@H]5COC(c6ccccc6)O[C@H]5[C@H](O)[C@H]4O)cc3)c1C)C21OC(=O)c2ccccc21. The molecule has 0 saturated carbocycles. The largest absolute Gasteiger partial charge is 0.456 e. The van der Waals surface area contributed by atoms with Crippen molar-refractivity contribution in [2.45, 2.75) is 93.3 Å². The quantitative estimate of drug-likeness (QED) is 0.0583. The second kappa shape index (κ2) is 21.1. The maximum absolute atomic E-state index is 13.9. The molecule has 0 aromatic heterocycles. The van der Waals surface area contributed by atoms with E-state index in [4.69, 9.17) is 47.4 Å². The van der Waals surface area contributed by atoms with Crippen molar-refractivity contribution in [1.82, 2.24) is 0 Å². The zero-order valence-corrected chi connectivity index (χ0v) is 43.4. The van der Waals surface area contributed by atoms with E-state index in [0.29, 0.717) is 44.8 Å². The van der Waals surface area contributed by atoms with Crippen LogP contribution in [0.4, 0.5) is 11.4 Å². The minimum atomic E-state index is -1.51. The van der Waals surface area contributed by atoms with Gasteiger partial charge in [0.1, 0.15) is 71.8 Å². The lowest BCUT2D eigenvalue weighted by Crippen LogP contribution is -2.63. The van der Waals surface area contributed by atoms with Gasteiger partial charge in [-0.3, -0.25) is 0 Å². The monoisotopic (exact) mass is 1100 g/mol. The van der Waals surface area contributed by atoms with Crippen molar-refractivity contribution in [3.05, 3.63) is 213 Å². The summed E-state index contributed by atoms with van der Waals surface area (Å²) >= 11 is 0. The second-order valence-corrected chi connectivity index (χ2v) is 20.6. The van der Waals surface area contributed by atoms with Gasteiger partial charge in [0.05, 0.1) is 29.9 Å². The number of hydrogen-bond donors (Lipinski definition) is 6. The lowest BCUT2D eigenvalue weighted by Gasteiger charge is -2.46. The molecule has 13 rings (SSSR count). The Morgan fingerprint density at radius 1 is 0.506 bits per heavy atom. The van der Waals surface area contributed by atoms with Crippen LogP contribution in [0.5, 0.6) is 23.0 Å². The minimum absolute atomic E-state index is 0.119. The van der Waals surface area contributed by atoms with E-state index in [9.17, 15) is 34.8 Å². The summed E-state index contributed by atoms with van der Waals surface area (Å²) in [4.78, 5) is 41.4. The van der Waals surface area contributed by atoms with E-state index in [0.717, 1.165) is 11.1 Å². The van der Waals surface area contributed by atoms with E-state index in [-0.39, 0.29) is 47.3 Å². The van der Waals surface area contributed by atoms with Crippen molar-refractivity contribution in [2.75, 3.05) is 23.8 Å². The summed E-state index contributed by atoms with van der Waals surface area (Å²) in [7, 11) is 0. The van der Waals surface area contributed by atoms with Gasteiger partial charge in [-0.1, -0.05) is 78.9 Å². The average Bonchev–Trinajstić information content (AvgIpc) is 4.07. The molecule has 7 aromatic rings. The van der Waals surface area contributed by atoms with Crippen LogP contribution in [-0.4, -0.2) is 113 Å². The topological polar surface area (TPSA) is 248 Å². The first-order chi connectivity index (χ1) is 39.3. The van der Waals surface area contributed by atoms with Gasteiger partial charge in [-0.2, -0.15) is 0 Å². The minimum Gasteiger partial charge on any atom is -0.456 e. The van der Waals surface area contributed by atoms with Crippen LogP contribution in [0.2, 0.25) is 0 Å². The van der Waals surface area contributed by atoms with Crippen molar-refractivity contribution in [3.8, 4) is 23.0 Å². The zero-order valence-electron chi connectivity index (χ0n) is 43.4. The first kappa shape index (κ1) is 52.3. The molecular formula is C62H54N2O17. The summed E-state index contributed by atoms with van der Waals surface area (Å²) in [5.74, 6) is -1.14. The highest BCUT2D eigenvalue weighted by atomic mass is 16.7. The van der Waals surface area contributed by atoms with Crippen molar-refractivity contribution < 1.29 is 82.2 Å². The smallest absolute Gasteiger partial charge is 0.343 e. The number of fused-ring (bicyclic) bond motifs is 8. The van der Waals surface area contributed by atoms with Gasteiger partial charge in [0, 0.05) is 50.3 Å². The van der Waals surface area contributed by atoms with Crippen molar-refractivity contribution >= 4 is 29.3 Å². The molecule has 19 nitrogen and oxygen atoms in total. The molecule has 6 aliphatic heterocycles. The van der Waals surface area contributed by atoms with Gasteiger partial charge in [0.2, 0.25) is 0 Å². The van der Waals surface area contributed by atoms with Gasteiger partial charge in [0.25, 0.3) is 0 Å². The molecule has 6 heterocycles. The van der Waals surface area contributed by atoms with E-state index in [1.54, 1.807) is 105 Å². The molecule has 414 valence electrons. The van der Waals surface area contributed by atoms with E-state index in [2.05, 4.69) is 10.6 Å². The van der Waals surface area contributed by atoms with Gasteiger partial charge < -0.3 is 78.4 Å². The predicted molar refractivity (Wildman–Crippen MR) is 286 cm³/mol. The fourth-order valence-electron chi connectivity index (χ4n) is 11.3. The molecule has 12 atom stereocenters. The molecule has 0 aliphatic carbocycles.